The summed E-state index contributed by atoms with van der Waals surface area (Å²) in [7, 11) is 0. The van der Waals surface area contributed by atoms with Gasteiger partial charge in [0.05, 0.1) is 0 Å². The predicted octanol–water partition coefficient (Wildman–Crippen LogP) is 10.5. The molecule has 170 valence electrons. The summed E-state index contributed by atoms with van der Waals surface area (Å²) < 4.78 is 7.62. The predicted molar refractivity (Wildman–Crippen MR) is 155 cm³/mol. The largest absolute Gasteiger partial charge is 0.455 e. The number of benzene rings is 6. The second kappa shape index (κ2) is 8.51. The lowest BCUT2D eigenvalue weighted by Crippen LogP contribution is -1.86. The summed E-state index contributed by atoms with van der Waals surface area (Å²) in [6.07, 6.45) is 0. The monoisotopic (exact) mass is 524 g/mol. The zero-order valence-corrected chi connectivity index (χ0v) is 21.0. The van der Waals surface area contributed by atoms with Gasteiger partial charge in [-0.2, -0.15) is 0 Å². The van der Waals surface area contributed by atoms with Crippen LogP contribution in [-0.2, 0) is 0 Å². The van der Waals surface area contributed by atoms with Gasteiger partial charge in [-0.15, -0.1) is 0 Å². The normalized spacial score (nSPS) is 11.5. The van der Waals surface area contributed by atoms with Gasteiger partial charge in [-0.05, 0) is 81.1 Å². The molecule has 0 aliphatic heterocycles. The van der Waals surface area contributed by atoms with E-state index in [1.807, 2.05) is 0 Å². The van der Waals surface area contributed by atoms with Crippen LogP contribution in [-0.4, -0.2) is 0 Å². The van der Waals surface area contributed by atoms with Crippen molar-refractivity contribution in [2.75, 3.05) is 0 Å². The molecule has 0 spiro atoms. The summed E-state index contributed by atoms with van der Waals surface area (Å²) in [6, 6.07) is 45.2. The van der Waals surface area contributed by atoms with Crippen LogP contribution in [0.3, 0.4) is 0 Å². The molecule has 0 fully saturated rings. The fourth-order valence-corrected chi connectivity index (χ4v) is 5.36. The Bertz CT molecular complexity index is 1880. The highest BCUT2D eigenvalue weighted by atomic mass is 79.9. The van der Waals surface area contributed by atoms with Crippen molar-refractivity contribution in [3.8, 4) is 33.4 Å². The molecule has 36 heavy (non-hydrogen) atoms. The molecule has 0 aliphatic carbocycles. The highest BCUT2D eigenvalue weighted by molar-refractivity contribution is 9.10. The average Bonchev–Trinajstić information content (AvgIpc) is 3.30. The number of hydrogen-bond acceptors (Lipinski definition) is 1. The number of fused-ring (bicyclic) bond motifs is 4. The molecule has 7 rings (SSSR count). The van der Waals surface area contributed by atoms with Crippen molar-refractivity contribution >= 4 is 48.6 Å². The Morgan fingerprint density at radius 3 is 1.83 bits per heavy atom. The van der Waals surface area contributed by atoms with E-state index in [0.717, 1.165) is 37.5 Å². The minimum Gasteiger partial charge on any atom is -0.455 e. The minimum atomic E-state index is 0.920. The lowest BCUT2D eigenvalue weighted by Gasteiger charge is -2.12. The molecule has 0 saturated carbocycles. The van der Waals surface area contributed by atoms with Crippen LogP contribution in [0.5, 0.6) is 0 Å². The lowest BCUT2D eigenvalue weighted by atomic mass is 9.92. The summed E-state index contributed by atoms with van der Waals surface area (Å²) in [5, 5.41) is 4.71. The van der Waals surface area contributed by atoms with Crippen molar-refractivity contribution in [1.29, 1.82) is 0 Å². The Morgan fingerprint density at radius 2 is 1.08 bits per heavy atom. The first-order valence-electron chi connectivity index (χ1n) is 12.0. The Morgan fingerprint density at radius 1 is 0.444 bits per heavy atom. The van der Waals surface area contributed by atoms with Crippen LogP contribution in [0, 0.1) is 0 Å². The third-order valence-electron chi connectivity index (χ3n) is 6.89. The van der Waals surface area contributed by atoms with E-state index in [2.05, 4.69) is 143 Å². The fourth-order valence-electron chi connectivity index (χ4n) is 5.10. The van der Waals surface area contributed by atoms with Gasteiger partial charge in [0.2, 0.25) is 0 Å². The van der Waals surface area contributed by atoms with Crippen LogP contribution in [0.2, 0.25) is 0 Å². The molecule has 0 unspecified atom stereocenters. The first-order chi connectivity index (χ1) is 17.7. The van der Waals surface area contributed by atoms with Crippen molar-refractivity contribution in [2.45, 2.75) is 0 Å². The lowest BCUT2D eigenvalue weighted by molar-refractivity contribution is 0.670. The summed E-state index contributed by atoms with van der Waals surface area (Å²) in [5.74, 6) is 0. The average molecular weight is 525 g/mol. The Labute approximate surface area is 217 Å². The van der Waals surface area contributed by atoms with Crippen LogP contribution in [0.15, 0.2) is 136 Å². The molecular formula is C34H21BrO. The van der Waals surface area contributed by atoms with Gasteiger partial charge in [-0.3, -0.25) is 0 Å². The molecule has 0 bridgehead atoms. The number of halogens is 1. The summed E-state index contributed by atoms with van der Waals surface area (Å²) in [4.78, 5) is 0. The molecule has 1 nitrogen and oxygen atoms in total. The topological polar surface area (TPSA) is 13.1 Å². The van der Waals surface area contributed by atoms with Crippen LogP contribution in [0.25, 0.3) is 66.1 Å². The SMILES string of the molecule is Brc1ccc(-c2cc(-c3ccccc3)cc(-c3cccc4c3oc3cc5ccccc5cc34)c2)cc1. The van der Waals surface area contributed by atoms with Crippen LogP contribution in [0.4, 0.5) is 0 Å². The van der Waals surface area contributed by atoms with E-state index >= 15 is 0 Å². The Balaban J connectivity index is 1.49. The molecule has 0 N–H and O–H groups in total. The molecule has 0 radical (unpaired) electrons. The quantitative estimate of drug-likeness (QED) is 0.224. The minimum absolute atomic E-state index is 0.920. The van der Waals surface area contributed by atoms with Gasteiger partial charge in [-0.25, -0.2) is 0 Å². The van der Waals surface area contributed by atoms with Crippen LogP contribution >= 0.6 is 15.9 Å². The summed E-state index contributed by atoms with van der Waals surface area (Å²) >= 11 is 3.57. The van der Waals surface area contributed by atoms with E-state index in [9.17, 15) is 0 Å². The Kier molecular flexibility index (Phi) is 5.00. The molecule has 0 aliphatic rings. The van der Waals surface area contributed by atoms with Crippen molar-refractivity contribution in [1.82, 2.24) is 0 Å². The number of furan rings is 1. The second-order valence-corrected chi connectivity index (χ2v) is 10.1. The standard InChI is InChI=1S/C34H21BrO/c35-29-15-13-23(14-16-29)27-17-26(22-7-2-1-3-8-22)18-28(19-27)30-11-6-12-31-32-20-24-9-4-5-10-25(24)21-33(32)36-34(30)31/h1-21H. The zero-order valence-electron chi connectivity index (χ0n) is 19.4. The molecule has 0 saturated heterocycles. The van der Waals surface area contributed by atoms with Crippen molar-refractivity contribution in [2.24, 2.45) is 0 Å². The van der Waals surface area contributed by atoms with E-state index in [-0.39, 0.29) is 0 Å². The molecule has 2 heteroatoms. The first-order valence-corrected chi connectivity index (χ1v) is 12.8. The summed E-state index contributed by atoms with van der Waals surface area (Å²) in [6.45, 7) is 0. The zero-order chi connectivity index (χ0) is 24.1. The van der Waals surface area contributed by atoms with Gasteiger partial charge in [0, 0.05) is 20.8 Å². The maximum atomic E-state index is 6.55. The molecular weight excluding hydrogens is 504 g/mol. The fraction of sp³-hybridized carbons (Fsp3) is 0. The van der Waals surface area contributed by atoms with Gasteiger partial charge >= 0.3 is 0 Å². The number of rotatable bonds is 3. The second-order valence-electron chi connectivity index (χ2n) is 9.15. The maximum Gasteiger partial charge on any atom is 0.143 e. The van der Waals surface area contributed by atoms with E-state index in [4.69, 9.17) is 4.42 Å². The van der Waals surface area contributed by atoms with Gasteiger partial charge in [0.1, 0.15) is 11.2 Å². The number of para-hydroxylation sites is 1. The molecule has 1 aromatic heterocycles. The van der Waals surface area contributed by atoms with Gasteiger partial charge < -0.3 is 4.42 Å². The molecule has 1 heterocycles. The number of hydrogen-bond donors (Lipinski definition) is 0. The van der Waals surface area contributed by atoms with E-state index in [0.29, 0.717) is 0 Å². The third kappa shape index (κ3) is 3.62. The third-order valence-corrected chi connectivity index (χ3v) is 7.42. The van der Waals surface area contributed by atoms with E-state index in [1.165, 1.54) is 33.0 Å². The first kappa shape index (κ1) is 21.2. The van der Waals surface area contributed by atoms with E-state index < -0.39 is 0 Å². The molecule has 6 aromatic carbocycles. The molecule has 7 aromatic rings. The van der Waals surface area contributed by atoms with Gasteiger partial charge in [-0.1, -0.05) is 101 Å². The van der Waals surface area contributed by atoms with Crippen molar-refractivity contribution in [3.63, 3.8) is 0 Å². The molecule has 0 atom stereocenters. The van der Waals surface area contributed by atoms with Crippen molar-refractivity contribution in [3.05, 3.63) is 132 Å². The maximum absolute atomic E-state index is 6.55. The van der Waals surface area contributed by atoms with Crippen molar-refractivity contribution < 1.29 is 4.42 Å². The Hall–Kier alpha value is -4.14. The molecule has 0 amide bonds. The van der Waals surface area contributed by atoms with Gasteiger partial charge in [0.15, 0.2) is 0 Å². The summed E-state index contributed by atoms with van der Waals surface area (Å²) in [5.41, 5.74) is 8.83. The van der Waals surface area contributed by atoms with Gasteiger partial charge in [0.25, 0.3) is 0 Å². The smallest absolute Gasteiger partial charge is 0.143 e. The highest BCUT2D eigenvalue weighted by Gasteiger charge is 2.15. The van der Waals surface area contributed by atoms with Crippen LogP contribution < -0.4 is 0 Å². The van der Waals surface area contributed by atoms with E-state index in [1.54, 1.807) is 0 Å². The highest BCUT2D eigenvalue weighted by Crippen LogP contribution is 2.40. The van der Waals surface area contributed by atoms with Crippen LogP contribution in [0.1, 0.15) is 0 Å².